The van der Waals surface area contributed by atoms with Gasteiger partial charge in [-0.3, -0.25) is 14.4 Å². The number of halogens is 1. The molecule has 0 spiro atoms. The summed E-state index contributed by atoms with van der Waals surface area (Å²) in [4.78, 5) is 53.7. The number of aliphatic hydroxyl groups is 1. The van der Waals surface area contributed by atoms with Crippen molar-refractivity contribution in [3.63, 3.8) is 0 Å². The van der Waals surface area contributed by atoms with Gasteiger partial charge in [-0.25, -0.2) is 9.80 Å². The fraction of sp³-hybridized carbons (Fsp3) is 0.433. The van der Waals surface area contributed by atoms with E-state index in [0.29, 0.717) is 36.4 Å². The molecule has 2 aromatic carbocycles. The van der Waals surface area contributed by atoms with Crippen LogP contribution in [0.5, 0.6) is 0 Å². The highest BCUT2D eigenvalue weighted by atomic mass is 35.5. The SMILES string of the molecule is CN1N=C2CCN(C(=O)C(CCc3ccc(CO)cc3Cl)NC(=O)C(C)(C)NC(=O)O)CC2(Cc2ccccc2)C1=O. The van der Waals surface area contributed by atoms with Crippen LogP contribution in [-0.2, 0) is 33.8 Å². The van der Waals surface area contributed by atoms with Crippen LogP contribution in [0.15, 0.2) is 53.6 Å². The normalized spacial score (nSPS) is 19.2. The van der Waals surface area contributed by atoms with Crippen LogP contribution in [0.1, 0.15) is 43.4 Å². The highest BCUT2D eigenvalue weighted by Crippen LogP contribution is 2.38. The standard InChI is InChI=1S/C30H36ClN5O6/c1-29(2,33-28(41)42)26(39)32-23(12-11-21-10-9-20(17-37)15-22(21)31)25(38)36-14-13-24-30(18-36,27(40)35(3)34-24)16-19-7-5-4-6-8-19/h4-10,15,23,33,37H,11-14,16-18H2,1-3H3,(H,32,39)(H,41,42). The van der Waals surface area contributed by atoms with Crippen LogP contribution in [0, 0.1) is 5.41 Å². The highest BCUT2D eigenvalue weighted by molar-refractivity contribution is 6.31. The summed E-state index contributed by atoms with van der Waals surface area (Å²) < 4.78 is 0. The smallest absolute Gasteiger partial charge is 0.405 e. The van der Waals surface area contributed by atoms with E-state index in [1.807, 2.05) is 30.3 Å². The zero-order valence-corrected chi connectivity index (χ0v) is 24.6. The molecule has 0 radical (unpaired) electrons. The molecule has 0 saturated carbocycles. The van der Waals surface area contributed by atoms with Gasteiger partial charge in [-0.2, -0.15) is 5.10 Å². The van der Waals surface area contributed by atoms with Gasteiger partial charge in [0.1, 0.15) is 17.0 Å². The molecule has 1 saturated heterocycles. The largest absolute Gasteiger partial charge is 0.465 e. The van der Waals surface area contributed by atoms with E-state index in [0.717, 1.165) is 16.8 Å². The van der Waals surface area contributed by atoms with Gasteiger partial charge in [0, 0.05) is 31.6 Å². The van der Waals surface area contributed by atoms with Crippen LogP contribution in [-0.4, -0.2) is 81.4 Å². The van der Waals surface area contributed by atoms with Crippen LogP contribution >= 0.6 is 11.6 Å². The Labute approximate surface area is 249 Å². The third-order valence-electron chi connectivity index (χ3n) is 7.86. The molecule has 12 heteroatoms. The van der Waals surface area contributed by atoms with E-state index in [9.17, 15) is 29.4 Å². The summed E-state index contributed by atoms with van der Waals surface area (Å²) in [5, 5.41) is 29.8. The Bertz CT molecular complexity index is 1400. The van der Waals surface area contributed by atoms with Crippen molar-refractivity contribution in [3.05, 3.63) is 70.2 Å². The molecule has 0 bridgehead atoms. The molecule has 0 aliphatic carbocycles. The second-order valence-corrected chi connectivity index (χ2v) is 11.7. The minimum Gasteiger partial charge on any atom is -0.465 e. The van der Waals surface area contributed by atoms with Crippen LogP contribution in [0.4, 0.5) is 4.79 Å². The topological polar surface area (TPSA) is 152 Å². The van der Waals surface area contributed by atoms with Gasteiger partial charge in [0.25, 0.3) is 5.91 Å². The summed E-state index contributed by atoms with van der Waals surface area (Å²) in [7, 11) is 1.61. The molecule has 2 aliphatic heterocycles. The fourth-order valence-electron chi connectivity index (χ4n) is 5.55. The average Bonchev–Trinajstić information content (AvgIpc) is 3.19. The number of carbonyl (C=O) groups excluding carboxylic acids is 3. The number of aryl methyl sites for hydroxylation is 1. The molecular formula is C30H36ClN5O6. The Morgan fingerprint density at radius 1 is 1.14 bits per heavy atom. The number of likely N-dealkylation sites (tertiary alicyclic amines) is 1. The van der Waals surface area contributed by atoms with Crippen LogP contribution in [0.3, 0.4) is 0 Å². The maximum atomic E-state index is 14.1. The van der Waals surface area contributed by atoms with Crippen LogP contribution in [0.2, 0.25) is 5.02 Å². The second-order valence-electron chi connectivity index (χ2n) is 11.3. The van der Waals surface area contributed by atoms with Crippen molar-refractivity contribution in [3.8, 4) is 0 Å². The van der Waals surface area contributed by atoms with Gasteiger partial charge in [-0.05, 0) is 55.9 Å². The fourth-order valence-corrected chi connectivity index (χ4v) is 5.85. The molecule has 2 aromatic rings. The Hall–Kier alpha value is -3.96. The van der Waals surface area contributed by atoms with Crippen LogP contribution in [0.25, 0.3) is 0 Å². The van der Waals surface area contributed by atoms with Crippen molar-refractivity contribution < 1.29 is 29.4 Å². The van der Waals surface area contributed by atoms with E-state index in [1.54, 1.807) is 30.1 Å². The molecule has 2 atom stereocenters. The maximum Gasteiger partial charge on any atom is 0.405 e. The summed E-state index contributed by atoms with van der Waals surface area (Å²) in [6.07, 6.45) is -0.105. The molecule has 224 valence electrons. The van der Waals surface area contributed by atoms with Crippen molar-refractivity contribution >= 4 is 41.1 Å². The van der Waals surface area contributed by atoms with Crippen molar-refractivity contribution in [2.75, 3.05) is 20.1 Å². The monoisotopic (exact) mass is 597 g/mol. The van der Waals surface area contributed by atoms with Gasteiger partial charge in [-0.15, -0.1) is 0 Å². The predicted octanol–water partition coefficient (Wildman–Crippen LogP) is 2.59. The van der Waals surface area contributed by atoms with E-state index in [-0.39, 0.29) is 31.4 Å². The van der Waals surface area contributed by atoms with E-state index in [1.165, 1.54) is 18.9 Å². The van der Waals surface area contributed by atoms with Crippen molar-refractivity contribution in [1.82, 2.24) is 20.5 Å². The summed E-state index contributed by atoms with van der Waals surface area (Å²) in [5.41, 5.74) is 0.510. The molecule has 0 aromatic heterocycles. The Morgan fingerprint density at radius 3 is 2.50 bits per heavy atom. The van der Waals surface area contributed by atoms with E-state index < -0.39 is 29.0 Å². The lowest BCUT2D eigenvalue weighted by atomic mass is 9.73. The molecule has 2 unspecified atom stereocenters. The number of carbonyl (C=O) groups is 4. The first-order valence-electron chi connectivity index (χ1n) is 13.8. The quantitative estimate of drug-likeness (QED) is 0.330. The number of aliphatic hydroxyl groups excluding tert-OH is 1. The number of fused-ring (bicyclic) bond motifs is 1. The number of piperidine rings is 1. The molecule has 4 rings (SSSR count). The summed E-state index contributed by atoms with van der Waals surface area (Å²) in [6.45, 7) is 3.06. The average molecular weight is 598 g/mol. The van der Waals surface area contributed by atoms with E-state index in [4.69, 9.17) is 11.6 Å². The number of nitrogens with zero attached hydrogens (tertiary/aromatic N) is 3. The third kappa shape index (κ3) is 6.57. The van der Waals surface area contributed by atoms with Gasteiger partial charge >= 0.3 is 6.09 Å². The molecular weight excluding hydrogens is 562 g/mol. The highest BCUT2D eigenvalue weighted by Gasteiger charge is 2.54. The number of nitrogens with one attached hydrogen (secondary N) is 2. The zero-order chi connectivity index (χ0) is 30.7. The third-order valence-corrected chi connectivity index (χ3v) is 8.21. The van der Waals surface area contributed by atoms with Gasteiger partial charge in [-0.1, -0.05) is 54.1 Å². The summed E-state index contributed by atoms with van der Waals surface area (Å²) in [6, 6.07) is 13.7. The van der Waals surface area contributed by atoms with Crippen molar-refractivity contribution in [2.24, 2.45) is 10.5 Å². The first kappa shape index (κ1) is 31.0. The van der Waals surface area contributed by atoms with Gasteiger partial charge in [0.15, 0.2) is 0 Å². The minimum absolute atomic E-state index is 0.0951. The summed E-state index contributed by atoms with van der Waals surface area (Å²) in [5.74, 6) is -1.24. The van der Waals surface area contributed by atoms with E-state index >= 15 is 0 Å². The first-order valence-corrected chi connectivity index (χ1v) is 14.1. The number of hydrogen-bond acceptors (Lipinski definition) is 6. The Balaban J connectivity index is 1.61. The molecule has 4 amide bonds. The minimum atomic E-state index is -1.51. The number of rotatable bonds is 10. The molecule has 4 N–H and O–H groups in total. The molecule has 2 aliphatic rings. The van der Waals surface area contributed by atoms with Crippen LogP contribution < -0.4 is 10.6 Å². The molecule has 2 heterocycles. The second kappa shape index (κ2) is 12.5. The molecule has 11 nitrogen and oxygen atoms in total. The number of hydrogen-bond donors (Lipinski definition) is 4. The van der Waals surface area contributed by atoms with Gasteiger partial charge in [0.05, 0.1) is 12.3 Å². The number of amides is 4. The van der Waals surface area contributed by atoms with Crippen molar-refractivity contribution in [1.29, 1.82) is 0 Å². The Kier molecular flexibility index (Phi) is 9.22. The maximum absolute atomic E-state index is 14.1. The van der Waals surface area contributed by atoms with Crippen molar-refractivity contribution in [2.45, 2.75) is 57.7 Å². The number of hydrazone groups is 1. The lowest BCUT2D eigenvalue weighted by Gasteiger charge is -2.41. The number of benzene rings is 2. The van der Waals surface area contributed by atoms with Gasteiger partial charge < -0.3 is 25.7 Å². The van der Waals surface area contributed by atoms with E-state index in [2.05, 4.69) is 15.7 Å². The zero-order valence-electron chi connectivity index (χ0n) is 23.9. The Morgan fingerprint density at radius 2 is 1.86 bits per heavy atom. The molecule has 42 heavy (non-hydrogen) atoms. The predicted molar refractivity (Wildman–Crippen MR) is 157 cm³/mol. The lowest BCUT2D eigenvalue weighted by Crippen LogP contribution is -2.61. The molecule has 1 fully saturated rings. The van der Waals surface area contributed by atoms with Gasteiger partial charge in [0.2, 0.25) is 11.8 Å². The summed E-state index contributed by atoms with van der Waals surface area (Å²) >= 11 is 6.42. The first-order chi connectivity index (χ1) is 19.9. The lowest BCUT2D eigenvalue weighted by molar-refractivity contribution is -0.142. The number of carboxylic acid groups (broad SMARTS) is 1.